The Kier molecular flexibility index (Phi) is 21.5. The molecule has 0 spiro atoms. The molecule has 208 valence electrons. The zero-order chi connectivity index (χ0) is 26.4. The zero-order valence-corrected chi connectivity index (χ0v) is 22.3. The number of esters is 1. The van der Waals surface area contributed by atoms with Crippen LogP contribution in [0.2, 0.25) is 0 Å². The smallest absolute Gasteiger partial charge is 0.472 e. The Labute approximate surface area is 210 Å². The number of aliphatic hydroxyl groups excluding tert-OH is 1. The molecule has 0 aromatic rings. The van der Waals surface area contributed by atoms with Gasteiger partial charge >= 0.3 is 19.8 Å². The predicted octanol–water partition coefficient (Wildman–Crippen LogP) is 4.70. The highest BCUT2D eigenvalue weighted by Crippen LogP contribution is 2.43. The molecule has 5 N–H and O–H groups in total. The lowest BCUT2D eigenvalue weighted by Crippen LogP contribution is -2.34. The summed E-state index contributed by atoms with van der Waals surface area (Å²) >= 11 is 0. The number of aliphatic hydroxyl groups is 1. The average Bonchev–Trinajstić information content (AvgIpc) is 2.82. The second-order valence-corrected chi connectivity index (χ2v) is 10.5. The summed E-state index contributed by atoms with van der Waals surface area (Å²) in [5, 5.41) is 18.3. The minimum Gasteiger partial charge on any atom is -0.480 e. The third kappa shape index (κ3) is 23.1. The summed E-state index contributed by atoms with van der Waals surface area (Å²) in [5.41, 5.74) is 5.16. The monoisotopic (exact) mass is 525 g/mol. The molecule has 35 heavy (non-hydrogen) atoms. The van der Waals surface area contributed by atoms with Crippen LogP contribution in [0.5, 0.6) is 0 Å². The molecule has 10 nitrogen and oxygen atoms in total. The van der Waals surface area contributed by atoms with Crippen LogP contribution in [0, 0.1) is 0 Å². The fraction of sp³-hybridized carbons (Fsp3) is 0.917. The van der Waals surface area contributed by atoms with Crippen molar-refractivity contribution >= 4 is 19.8 Å². The van der Waals surface area contributed by atoms with Crippen LogP contribution in [0.3, 0.4) is 0 Å². The van der Waals surface area contributed by atoms with E-state index < -0.39 is 45.1 Å². The van der Waals surface area contributed by atoms with Crippen molar-refractivity contribution in [2.75, 3.05) is 19.8 Å². The molecule has 3 atom stereocenters. The van der Waals surface area contributed by atoms with Crippen LogP contribution < -0.4 is 5.73 Å². The van der Waals surface area contributed by atoms with Crippen molar-refractivity contribution < 1.29 is 43.0 Å². The van der Waals surface area contributed by atoms with Gasteiger partial charge in [-0.2, -0.15) is 0 Å². The molecule has 11 heteroatoms. The van der Waals surface area contributed by atoms with E-state index in [2.05, 4.69) is 16.0 Å². The average molecular weight is 526 g/mol. The number of hydrogen-bond acceptors (Lipinski definition) is 8. The van der Waals surface area contributed by atoms with Gasteiger partial charge in [0.1, 0.15) is 18.8 Å². The fourth-order valence-corrected chi connectivity index (χ4v) is 4.20. The standard InChI is InChI=1S/C24H48NO9P/c1-2-3-4-5-6-7-8-9-10-11-12-13-14-15-16-17-23(27)32-18-21(26)19-33-35(30,31)34-20-22(25)24(28)29/h21-22,26H,2-20,25H2,1H3,(H,28,29)(H,30,31)/t21-,22+/m1/s1. The van der Waals surface area contributed by atoms with Crippen molar-refractivity contribution in [3.63, 3.8) is 0 Å². The van der Waals surface area contributed by atoms with Gasteiger partial charge in [0.05, 0.1) is 13.2 Å². The van der Waals surface area contributed by atoms with Gasteiger partial charge in [-0.3, -0.25) is 18.6 Å². The minimum atomic E-state index is -4.58. The number of ether oxygens (including phenoxy) is 1. The molecule has 0 bridgehead atoms. The summed E-state index contributed by atoms with van der Waals surface area (Å²) in [6, 6.07) is -1.48. The molecular weight excluding hydrogens is 477 g/mol. The van der Waals surface area contributed by atoms with Crippen LogP contribution in [-0.4, -0.2) is 59.0 Å². The van der Waals surface area contributed by atoms with Crippen LogP contribution in [0.25, 0.3) is 0 Å². The molecule has 0 saturated heterocycles. The molecule has 0 saturated carbocycles. The number of carbonyl (C=O) groups excluding carboxylic acids is 1. The number of nitrogens with two attached hydrogens (primary N) is 1. The fourth-order valence-electron chi connectivity index (χ4n) is 3.41. The van der Waals surface area contributed by atoms with Crippen LogP contribution >= 0.6 is 7.82 Å². The van der Waals surface area contributed by atoms with Gasteiger partial charge in [0.2, 0.25) is 0 Å². The lowest BCUT2D eigenvalue weighted by Gasteiger charge is -2.16. The van der Waals surface area contributed by atoms with Gasteiger partial charge in [-0.1, -0.05) is 96.8 Å². The third-order valence-corrected chi connectivity index (χ3v) is 6.54. The molecule has 0 radical (unpaired) electrons. The van der Waals surface area contributed by atoms with Crippen LogP contribution in [0.1, 0.15) is 110 Å². The first-order chi connectivity index (χ1) is 16.7. The van der Waals surface area contributed by atoms with Gasteiger partial charge < -0.3 is 25.6 Å². The Morgan fingerprint density at radius 3 is 1.66 bits per heavy atom. The van der Waals surface area contributed by atoms with E-state index in [0.717, 1.165) is 12.8 Å². The molecule has 0 aromatic carbocycles. The second-order valence-electron chi connectivity index (χ2n) is 9.04. The Hall–Kier alpha value is -1.03. The van der Waals surface area contributed by atoms with E-state index in [0.29, 0.717) is 6.42 Å². The summed E-state index contributed by atoms with van der Waals surface area (Å²) in [5.74, 6) is -1.85. The van der Waals surface area contributed by atoms with Crippen molar-refractivity contribution in [2.45, 2.75) is 122 Å². The van der Waals surface area contributed by atoms with Crippen molar-refractivity contribution in [3.8, 4) is 0 Å². The third-order valence-electron chi connectivity index (χ3n) is 5.59. The number of phosphoric acid groups is 1. The quantitative estimate of drug-likeness (QED) is 0.0745. The topological polar surface area (TPSA) is 166 Å². The molecule has 0 amide bonds. The SMILES string of the molecule is CCCCCCCCCCCCCCCCCC(=O)OC[C@@H](O)COP(=O)(O)OC[C@H](N)C(=O)O. The number of phosphoric ester groups is 1. The maximum absolute atomic E-state index is 11.8. The predicted molar refractivity (Wildman–Crippen MR) is 134 cm³/mol. The van der Waals surface area contributed by atoms with Crippen molar-refractivity contribution in [1.82, 2.24) is 0 Å². The summed E-state index contributed by atoms with van der Waals surface area (Å²) in [7, 11) is -4.58. The first-order valence-corrected chi connectivity index (χ1v) is 14.6. The summed E-state index contributed by atoms with van der Waals surface area (Å²) in [6.07, 6.45) is 17.5. The maximum atomic E-state index is 11.8. The molecule has 0 aromatic heterocycles. The number of carboxylic acid groups (broad SMARTS) is 1. The van der Waals surface area contributed by atoms with Crippen molar-refractivity contribution in [2.24, 2.45) is 5.73 Å². The van der Waals surface area contributed by atoms with E-state index in [1.807, 2.05) is 0 Å². The number of hydrogen-bond donors (Lipinski definition) is 4. The second kappa shape index (κ2) is 22.2. The maximum Gasteiger partial charge on any atom is 0.472 e. The van der Waals surface area contributed by atoms with Gasteiger partial charge in [-0.15, -0.1) is 0 Å². The van der Waals surface area contributed by atoms with Crippen LogP contribution in [0.4, 0.5) is 0 Å². The summed E-state index contributed by atoms with van der Waals surface area (Å²) in [4.78, 5) is 31.7. The highest BCUT2D eigenvalue weighted by molar-refractivity contribution is 7.47. The zero-order valence-electron chi connectivity index (χ0n) is 21.4. The van der Waals surface area contributed by atoms with Gasteiger partial charge in [0, 0.05) is 6.42 Å². The number of carbonyl (C=O) groups is 2. The normalized spacial score (nSPS) is 14.9. The van der Waals surface area contributed by atoms with E-state index in [1.165, 1.54) is 77.0 Å². The Morgan fingerprint density at radius 1 is 0.771 bits per heavy atom. The van der Waals surface area contributed by atoms with Gasteiger partial charge in [-0.05, 0) is 6.42 Å². The van der Waals surface area contributed by atoms with Gasteiger partial charge in [-0.25, -0.2) is 4.57 Å². The molecular formula is C24H48NO9P. The first-order valence-electron chi connectivity index (χ1n) is 13.1. The number of aliphatic carboxylic acids is 1. The molecule has 0 aliphatic carbocycles. The number of rotatable bonds is 25. The van der Waals surface area contributed by atoms with E-state index in [4.69, 9.17) is 15.6 Å². The molecule has 0 heterocycles. The van der Waals surface area contributed by atoms with E-state index in [9.17, 15) is 24.2 Å². The van der Waals surface area contributed by atoms with Crippen LogP contribution in [-0.2, 0) is 27.9 Å². The molecule has 1 unspecified atom stereocenters. The van der Waals surface area contributed by atoms with Crippen molar-refractivity contribution in [3.05, 3.63) is 0 Å². The van der Waals surface area contributed by atoms with E-state index in [-0.39, 0.29) is 13.0 Å². The molecule has 0 fully saturated rings. The number of carboxylic acids is 1. The molecule has 0 aliphatic rings. The van der Waals surface area contributed by atoms with E-state index >= 15 is 0 Å². The minimum absolute atomic E-state index is 0.251. The Bertz CT molecular complexity index is 591. The highest BCUT2D eigenvalue weighted by atomic mass is 31.2. The molecule has 0 aliphatic heterocycles. The van der Waals surface area contributed by atoms with Crippen LogP contribution in [0.15, 0.2) is 0 Å². The summed E-state index contributed by atoms with van der Waals surface area (Å²) < 4.78 is 25.5. The Morgan fingerprint density at radius 2 is 1.20 bits per heavy atom. The summed E-state index contributed by atoms with van der Waals surface area (Å²) in [6.45, 7) is 0.510. The number of unbranched alkanes of at least 4 members (excludes halogenated alkanes) is 14. The lowest BCUT2D eigenvalue weighted by atomic mass is 10.0. The van der Waals surface area contributed by atoms with Gasteiger partial charge in [0.15, 0.2) is 0 Å². The largest absolute Gasteiger partial charge is 0.480 e. The highest BCUT2D eigenvalue weighted by Gasteiger charge is 2.26. The molecule has 0 rings (SSSR count). The van der Waals surface area contributed by atoms with Gasteiger partial charge in [0.25, 0.3) is 0 Å². The first kappa shape index (κ1) is 34.0. The lowest BCUT2D eigenvalue weighted by molar-refractivity contribution is -0.147. The van der Waals surface area contributed by atoms with Crippen molar-refractivity contribution in [1.29, 1.82) is 0 Å². The van der Waals surface area contributed by atoms with E-state index in [1.54, 1.807) is 0 Å². The Balaban J connectivity index is 3.55.